The van der Waals surface area contributed by atoms with Gasteiger partial charge in [-0.1, -0.05) is 11.8 Å². The van der Waals surface area contributed by atoms with Crippen LogP contribution in [0.4, 0.5) is 0 Å². The smallest absolute Gasteiger partial charge is 0.252 e. The Balaban J connectivity index is 1.64. The lowest BCUT2D eigenvalue weighted by Crippen LogP contribution is -2.36. The monoisotopic (exact) mass is 480 g/mol. The average molecular weight is 481 g/mol. The van der Waals surface area contributed by atoms with Gasteiger partial charge < -0.3 is 25.3 Å². The van der Waals surface area contributed by atoms with E-state index < -0.39 is 5.91 Å². The van der Waals surface area contributed by atoms with Crippen molar-refractivity contribution in [1.82, 2.24) is 15.2 Å². The molecule has 1 atom stereocenters. The molecule has 2 aliphatic heterocycles. The lowest BCUT2D eigenvalue weighted by molar-refractivity contribution is -0.119. The Morgan fingerprint density at radius 1 is 1.31 bits per heavy atom. The van der Waals surface area contributed by atoms with Gasteiger partial charge in [0.2, 0.25) is 11.8 Å². The third kappa shape index (κ3) is 6.41. The van der Waals surface area contributed by atoms with E-state index in [1.165, 1.54) is 0 Å². The molecule has 9 heteroatoms. The minimum Gasteiger partial charge on any atom is -0.490 e. The van der Waals surface area contributed by atoms with E-state index in [0.717, 1.165) is 39.3 Å². The van der Waals surface area contributed by atoms with Gasteiger partial charge in [-0.05, 0) is 32.4 Å². The van der Waals surface area contributed by atoms with Crippen molar-refractivity contribution in [2.45, 2.75) is 45.3 Å². The molecule has 0 aliphatic carbocycles. The number of nitrogens with zero attached hydrogens (tertiary/aromatic N) is 2. The summed E-state index contributed by atoms with van der Waals surface area (Å²) in [6.45, 7) is 8.27. The molecular formula is C26H32N4O5. The van der Waals surface area contributed by atoms with Crippen LogP contribution in [0.3, 0.4) is 0 Å². The van der Waals surface area contributed by atoms with Crippen molar-refractivity contribution in [3.63, 3.8) is 0 Å². The molecule has 0 spiro atoms. The molecule has 186 valence electrons. The lowest BCUT2D eigenvalue weighted by atomic mass is 10.0. The molecule has 0 bridgehead atoms. The highest BCUT2D eigenvalue weighted by molar-refractivity contribution is 6.03. The molecule has 2 aromatic rings. The molecule has 2 saturated heterocycles. The highest BCUT2D eigenvalue weighted by Gasteiger charge is 2.23. The summed E-state index contributed by atoms with van der Waals surface area (Å²) in [6.07, 6.45) is 3.42. The Kier molecular flexibility index (Phi) is 8.06. The Morgan fingerprint density at radius 3 is 2.80 bits per heavy atom. The van der Waals surface area contributed by atoms with Crippen molar-refractivity contribution in [2.75, 3.05) is 39.5 Å². The van der Waals surface area contributed by atoms with E-state index in [-0.39, 0.29) is 23.6 Å². The average Bonchev–Trinajstić information content (AvgIpc) is 3.25. The van der Waals surface area contributed by atoms with Crippen LogP contribution in [-0.4, -0.2) is 73.3 Å². The number of primary amides is 1. The van der Waals surface area contributed by atoms with Crippen molar-refractivity contribution in [2.24, 2.45) is 5.73 Å². The Hall–Kier alpha value is -3.35. The van der Waals surface area contributed by atoms with Crippen molar-refractivity contribution >= 4 is 22.6 Å². The number of fused-ring (bicyclic) bond motifs is 1. The molecule has 0 radical (unpaired) electrons. The summed E-state index contributed by atoms with van der Waals surface area (Å²) < 4.78 is 17.3. The third-order valence-corrected chi connectivity index (χ3v) is 5.97. The van der Waals surface area contributed by atoms with Crippen LogP contribution in [0.15, 0.2) is 18.3 Å². The van der Waals surface area contributed by atoms with Crippen LogP contribution >= 0.6 is 0 Å². The highest BCUT2D eigenvalue weighted by Crippen LogP contribution is 2.33. The largest absolute Gasteiger partial charge is 0.490 e. The number of rotatable bonds is 8. The van der Waals surface area contributed by atoms with Crippen LogP contribution in [-0.2, 0) is 9.53 Å². The molecule has 1 aromatic carbocycles. The normalized spacial score (nSPS) is 18.3. The molecule has 0 saturated carbocycles. The van der Waals surface area contributed by atoms with Crippen LogP contribution < -0.4 is 20.5 Å². The molecule has 2 fully saturated rings. The SMILES string of the molecule is CC(C)Oc1cc2c(OC[C@@H]3CCC(=O)N3)ncc(C#CCCN3CCOCC3)c2cc1C(N)=O. The van der Waals surface area contributed by atoms with Gasteiger partial charge in [0.05, 0.1) is 36.5 Å². The molecule has 1 aromatic heterocycles. The van der Waals surface area contributed by atoms with Gasteiger partial charge in [0.25, 0.3) is 5.91 Å². The number of morpholine rings is 1. The topological polar surface area (TPSA) is 116 Å². The second kappa shape index (κ2) is 11.4. The minimum absolute atomic E-state index is 0.0258. The zero-order valence-corrected chi connectivity index (χ0v) is 20.3. The van der Waals surface area contributed by atoms with Gasteiger partial charge in [0.15, 0.2) is 0 Å². The van der Waals surface area contributed by atoms with E-state index in [9.17, 15) is 9.59 Å². The zero-order chi connectivity index (χ0) is 24.8. The van der Waals surface area contributed by atoms with Gasteiger partial charge >= 0.3 is 0 Å². The third-order valence-electron chi connectivity index (χ3n) is 5.97. The van der Waals surface area contributed by atoms with E-state index in [4.69, 9.17) is 19.9 Å². The Morgan fingerprint density at radius 2 is 2.11 bits per heavy atom. The number of hydrogen-bond acceptors (Lipinski definition) is 7. The molecule has 9 nitrogen and oxygen atoms in total. The van der Waals surface area contributed by atoms with Crippen molar-refractivity contribution in [3.05, 3.63) is 29.5 Å². The van der Waals surface area contributed by atoms with Crippen molar-refractivity contribution in [1.29, 1.82) is 0 Å². The number of carbonyl (C=O) groups is 2. The van der Waals surface area contributed by atoms with E-state index in [1.54, 1.807) is 18.3 Å². The fraction of sp³-hybridized carbons (Fsp3) is 0.500. The van der Waals surface area contributed by atoms with Crippen LogP contribution in [0.1, 0.15) is 49.0 Å². The zero-order valence-electron chi connectivity index (χ0n) is 20.3. The Labute approximate surface area is 205 Å². The predicted octanol–water partition coefficient (Wildman–Crippen LogP) is 1.85. The van der Waals surface area contributed by atoms with Crippen LogP contribution in [0.2, 0.25) is 0 Å². The summed E-state index contributed by atoms with van der Waals surface area (Å²) in [6, 6.07) is 3.38. The first kappa shape index (κ1) is 24.8. The summed E-state index contributed by atoms with van der Waals surface area (Å²) in [5, 5.41) is 4.29. The number of nitrogens with one attached hydrogen (secondary N) is 1. The summed E-state index contributed by atoms with van der Waals surface area (Å²) in [5.74, 6) is 6.65. The maximum atomic E-state index is 12.2. The van der Waals surface area contributed by atoms with Gasteiger partial charge in [0.1, 0.15) is 12.4 Å². The number of amides is 2. The van der Waals surface area contributed by atoms with Crippen molar-refractivity contribution < 1.29 is 23.8 Å². The molecular weight excluding hydrogens is 448 g/mol. The van der Waals surface area contributed by atoms with Gasteiger partial charge in [-0.2, -0.15) is 0 Å². The summed E-state index contributed by atoms with van der Waals surface area (Å²) in [5.41, 5.74) is 6.63. The first-order valence-corrected chi connectivity index (χ1v) is 12.0. The molecule has 4 rings (SSSR count). The first-order valence-electron chi connectivity index (χ1n) is 12.0. The standard InChI is InChI=1S/C26H32N4O5/c1-17(2)35-23-14-21-20(13-22(23)25(27)32)18(5-3-4-8-30-9-11-33-12-10-30)15-28-26(21)34-16-19-6-7-24(31)29-19/h13-15,17,19H,4,6-12,16H2,1-2H3,(H2,27,32)(H,29,31)/t19-/m0/s1. The van der Waals surface area contributed by atoms with Crippen LogP contribution in [0.25, 0.3) is 10.8 Å². The van der Waals surface area contributed by atoms with E-state index in [2.05, 4.69) is 27.0 Å². The fourth-order valence-corrected chi connectivity index (χ4v) is 4.18. The summed E-state index contributed by atoms with van der Waals surface area (Å²) in [4.78, 5) is 30.6. The number of nitrogens with two attached hydrogens (primary N) is 1. The molecule has 2 amide bonds. The minimum atomic E-state index is -0.582. The van der Waals surface area contributed by atoms with Gasteiger partial charge in [0, 0.05) is 49.4 Å². The van der Waals surface area contributed by atoms with Crippen LogP contribution in [0, 0.1) is 11.8 Å². The Bertz CT molecular complexity index is 1150. The van der Waals surface area contributed by atoms with Crippen LogP contribution in [0.5, 0.6) is 11.6 Å². The van der Waals surface area contributed by atoms with Gasteiger partial charge in [-0.3, -0.25) is 14.5 Å². The van der Waals surface area contributed by atoms with Gasteiger partial charge in [-0.25, -0.2) is 4.98 Å². The number of pyridine rings is 1. The number of benzene rings is 1. The first-order chi connectivity index (χ1) is 16.9. The summed E-state index contributed by atoms with van der Waals surface area (Å²) >= 11 is 0. The predicted molar refractivity (Wildman–Crippen MR) is 131 cm³/mol. The van der Waals surface area contributed by atoms with E-state index >= 15 is 0 Å². The molecule has 2 aliphatic rings. The molecule has 3 heterocycles. The molecule has 0 unspecified atom stereocenters. The maximum Gasteiger partial charge on any atom is 0.252 e. The van der Waals surface area contributed by atoms with Crippen molar-refractivity contribution in [3.8, 4) is 23.5 Å². The highest BCUT2D eigenvalue weighted by atomic mass is 16.5. The second-order valence-corrected chi connectivity index (χ2v) is 9.02. The number of hydrogen-bond donors (Lipinski definition) is 2. The molecule has 35 heavy (non-hydrogen) atoms. The summed E-state index contributed by atoms with van der Waals surface area (Å²) in [7, 11) is 0. The maximum absolute atomic E-state index is 12.2. The number of ether oxygens (including phenoxy) is 3. The quantitative estimate of drug-likeness (QED) is 0.554. The van der Waals surface area contributed by atoms with Gasteiger partial charge in [-0.15, -0.1) is 0 Å². The second-order valence-electron chi connectivity index (χ2n) is 9.02. The number of carbonyl (C=O) groups excluding carboxylic acids is 2. The lowest BCUT2D eigenvalue weighted by Gasteiger charge is -2.25. The fourth-order valence-electron chi connectivity index (χ4n) is 4.18. The molecule has 3 N–H and O–H groups in total. The number of aromatic nitrogens is 1. The van der Waals surface area contributed by atoms with E-state index in [1.807, 2.05) is 13.8 Å². The van der Waals surface area contributed by atoms with E-state index in [0.29, 0.717) is 47.4 Å².